The largest absolute Gasteiger partial charge is 0.456 e. The van der Waals surface area contributed by atoms with Gasteiger partial charge in [0.2, 0.25) is 0 Å². The molecule has 1 fully saturated rings. The molecule has 0 spiro atoms. The number of benzene rings is 1. The van der Waals surface area contributed by atoms with Crippen LogP contribution in [-0.2, 0) is 16.0 Å². The predicted molar refractivity (Wildman–Crippen MR) is 69.1 cm³/mol. The van der Waals surface area contributed by atoms with Crippen LogP contribution in [0.25, 0.3) is 0 Å². The summed E-state index contributed by atoms with van der Waals surface area (Å²) in [4.78, 5) is 20.8. The van der Waals surface area contributed by atoms with Crippen molar-refractivity contribution in [2.75, 3.05) is 13.1 Å². The number of hydrogen-bond acceptors (Lipinski definition) is 5. The van der Waals surface area contributed by atoms with Gasteiger partial charge in [-0.1, -0.05) is 12.1 Å². The highest BCUT2D eigenvalue weighted by Gasteiger charge is 2.50. The van der Waals surface area contributed by atoms with Gasteiger partial charge in [-0.05, 0) is 18.5 Å². The molecule has 1 aliphatic heterocycles. The van der Waals surface area contributed by atoms with Crippen LogP contribution < -0.4 is 5.32 Å². The highest BCUT2D eigenvalue weighted by Crippen LogP contribution is 2.30. The molecular formula is C13H14F2N2O4. The normalized spacial score (nSPS) is 20.3. The van der Waals surface area contributed by atoms with Crippen molar-refractivity contribution in [1.29, 1.82) is 0 Å². The molecule has 1 aromatic carbocycles. The third-order valence-corrected chi connectivity index (χ3v) is 3.17. The monoisotopic (exact) mass is 300 g/mol. The fraction of sp³-hybridized carbons (Fsp3) is 0.462. The zero-order chi connectivity index (χ0) is 15.5. The van der Waals surface area contributed by atoms with Crippen molar-refractivity contribution in [1.82, 2.24) is 5.32 Å². The minimum absolute atomic E-state index is 0.0202. The Labute approximate surface area is 119 Å². The maximum Gasteiger partial charge on any atom is 0.377 e. The van der Waals surface area contributed by atoms with Gasteiger partial charge in [-0.15, -0.1) is 0 Å². The second-order valence-electron chi connectivity index (χ2n) is 4.81. The molecule has 1 atom stereocenters. The minimum atomic E-state index is -3.38. The van der Waals surface area contributed by atoms with E-state index in [1.807, 2.05) is 0 Å². The molecule has 2 rings (SSSR count). The van der Waals surface area contributed by atoms with Gasteiger partial charge in [-0.3, -0.25) is 10.1 Å². The molecule has 1 N–H and O–H groups in total. The number of esters is 1. The summed E-state index contributed by atoms with van der Waals surface area (Å²) in [5.41, 5.74) is 0.911. The van der Waals surface area contributed by atoms with E-state index < -0.39 is 29.3 Å². The molecule has 1 unspecified atom stereocenters. The van der Waals surface area contributed by atoms with Gasteiger partial charge in [0.25, 0.3) is 5.69 Å². The van der Waals surface area contributed by atoms with Crippen LogP contribution in [0.2, 0.25) is 0 Å². The number of nitrogens with one attached hydrogen (secondary N) is 1. The van der Waals surface area contributed by atoms with Gasteiger partial charge in [0, 0.05) is 18.7 Å². The minimum Gasteiger partial charge on any atom is -0.456 e. The fourth-order valence-corrected chi connectivity index (χ4v) is 2.04. The Kier molecular flexibility index (Phi) is 4.46. The second kappa shape index (κ2) is 6.13. The number of hydrogen-bond donors (Lipinski definition) is 1. The highest BCUT2D eigenvalue weighted by atomic mass is 19.3. The van der Waals surface area contributed by atoms with E-state index in [9.17, 15) is 23.7 Å². The molecule has 1 aliphatic rings. The van der Waals surface area contributed by atoms with Gasteiger partial charge >= 0.3 is 11.9 Å². The molecule has 0 aliphatic carbocycles. The fourth-order valence-electron chi connectivity index (χ4n) is 2.04. The van der Waals surface area contributed by atoms with Crippen LogP contribution in [0.1, 0.15) is 12.0 Å². The third-order valence-electron chi connectivity index (χ3n) is 3.17. The van der Waals surface area contributed by atoms with Crippen LogP contribution in [0, 0.1) is 10.1 Å². The average molecular weight is 300 g/mol. The number of carbonyl (C=O) groups excluding carboxylic acids is 1. The van der Waals surface area contributed by atoms with Crippen molar-refractivity contribution < 1.29 is 23.2 Å². The third kappa shape index (κ3) is 3.94. The summed E-state index contributed by atoms with van der Waals surface area (Å²) in [5, 5.41) is 13.4. The van der Waals surface area contributed by atoms with E-state index in [1.165, 1.54) is 12.1 Å². The van der Waals surface area contributed by atoms with Crippen LogP contribution in [0.3, 0.4) is 0 Å². The van der Waals surface area contributed by atoms with Gasteiger partial charge < -0.3 is 10.1 Å². The molecule has 0 radical (unpaired) electrons. The van der Waals surface area contributed by atoms with Crippen molar-refractivity contribution in [3.05, 3.63) is 39.9 Å². The number of non-ortho nitro benzene ring substituents is 1. The van der Waals surface area contributed by atoms with Crippen LogP contribution >= 0.6 is 0 Å². The lowest BCUT2D eigenvalue weighted by Gasteiger charge is -2.09. The summed E-state index contributed by atoms with van der Waals surface area (Å²) in [7, 11) is 0. The van der Waals surface area contributed by atoms with Crippen LogP contribution in [0.5, 0.6) is 0 Å². The topological polar surface area (TPSA) is 81.5 Å². The first-order valence-corrected chi connectivity index (χ1v) is 6.41. The quantitative estimate of drug-likeness (QED) is 0.374. The summed E-state index contributed by atoms with van der Waals surface area (Å²) >= 11 is 0. The van der Waals surface area contributed by atoms with Gasteiger partial charge in [0.15, 0.2) is 0 Å². The molecular weight excluding hydrogens is 286 g/mol. The van der Waals surface area contributed by atoms with E-state index >= 15 is 0 Å². The lowest BCUT2D eigenvalue weighted by Crippen LogP contribution is -2.28. The zero-order valence-electron chi connectivity index (χ0n) is 11.1. The molecule has 1 saturated heterocycles. The van der Waals surface area contributed by atoms with Crippen molar-refractivity contribution in [3.8, 4) is 0 Å². The van der Waals surface area contributed by atoms with E-state index in [4.69, 9.17) is 0 Å². The Morgan fingerprint density at radius 1 is 1.38 bits per heavy atom. The Hall–Kier alpha value is -2.09. The molecule has 0 saturated carbocycles. The van der Waals surface area contributed by atoms with Crippen molar-refractivity contribution >= 4 is 11.7 Å². The molecule has 6 nitrogen and oxygen atoms in total. The first-order valence-electron chi connectivity index (χ1n) is 6.41. The molecule has 0 amide bonds. The number of halogens is 2. The molecule has 1 heterocycles. The Morgan fingerprint density at radius 3 is 2.57 bits per heavy atom. The standard InChI is InChI=1S/C13H14F2N2O4/c14-13(15)7-11(21-12(13)18)8-16-6-5-9-1-3-10(4-2-9)17(19)20/h1-4,11,16H,5-8H2. The number of carbonyl (C=O) groups is 1. The second-order valence-corrected chi connectivity index (χ2v) is 4.81. The van der Waals surface area contributed by atoms with Gasteiger partial charge in [-0.2, -0.15) is 8.78 Å². The van der Waals surface area contributed by atoms with Crippen molar-refractivity contribution in [2.45, 2.75) is 24.9 Å². The molecule has 21 heavy (non-hydrogen) atoms. The number of ether oxygens (including phenoxy) is 1. The Bertz CT molecular complexity index is 533. The summed E-state index contributed by atoms with van der Waals surface area (Å²) in [6.07, 6.45) is -0.824. The molecule has 1 aromatic rings. The first kappa shape index (κ1) is 15.3. The number of alkyl halides is 2. The summed E-state index contributed by atoms with van der Waals surface area (Å²) in [5.74, 6) is -4.85. The first-order chi connectivity index (χ1) is 9.88. The smallest absolute Gasteiger partial charge is 0.377 e. The van der Waals surface area contributed by atoms with Gasteiger partial charge in [0.1, 0.15) is 6.10 Å². The van der Waals surface area contributed by atoms with E-state index in [2.05, 4.69) is 10.1 Å². The van der Waals surface area contributed by atoms with Crippen LogP contribution in [0.4, 0.5) is 14.5 Å². The maximum atomic E-state index is 12.9. The number of nitro benzene ring substituents is 1. The molecule has 0 bridgehead atoms. The zero-order valence-corrected chi connectivity index (χ0v) is 11.1. The summed E-state index contributed by atoms with van der Waals surface area (Å²) in [6, 6.07) is 6.11. The van der Waals surface area contributed by atoms with Crippen LogP contribution in [0.15, 0.2) is 24.3 Å². The molecule has 114 valence electrons. The number of nitro groups is 1. The predicted octanol–water partition coefficient (Wildman–Crippen LogP) is 1.68. The maximum absolute atomic E-state index is 12.9. The molecule has 8 heteroatoms. The van der Waals surface area contributed by atoms with Crippen molar-refractivity contribution in [3.63, 3.8) is 0 Å². The van der Waals surface area contributed by atoms with E-state index in [0.717, 1.165) is 5.56 Å². The average Bonchev–Trinajstić information content (AvgIpc) is 2.69. The highest BCUT2D eigenvalue weighted by molar-refractivity contribution is 5.79. The van der Waals surface area contributed by atoms with E-state index in [0.29, 0.717) is 13.0 Å². The van der Waals surface area contributed by atoms with Crippen LogP contribution in [-0.4, -0.2) is 36.0 Å². The lowest BCUT2D eigenvalue weighted by molar-refractivity contribution is -0.384. The van der Waals surface area contributed by atoms with Gasteiger partial charge in [0.05, 0.1) is 11.3 Å². The van der Waals surface area contributed by atoms with E-state index in [-0.39, 0.29) is 12.2 Å². The van der Waals surface area contributed by atoms with E-state index in [1.54, 1.807) is 12.1 Å². The number of rotatable bonds is 6. The Balaban J connectivity index is 1.71. The number of nitrogens with zero attached hydrogens (tertiary/aromatic N) is 1. The molecule has 0 aromatic heterocycles. The Morgan fingerprint density at radius 2 is 2.05 bits per heavy atom. The number of cyclic esters (lactones) is 1. The van der Waals surface area contributed by atoms with Gasteiger partial charge in [-0.25, -0.2) is 4.79 Å². The SMILES string of the molecule is O=C1OC(CNCCc2ccc([N+](=O)[O-])cc2)CC1(F)F. The lowest BCUT2D eigenvalue weighted by atomic mass is 10.1. The van der Waals surface area contributed by atoms with Crippen molar-refractivity contribution in [2.24, 2.45) is 0 Å². The summed E-state index contributed by atoms with van der Waals surface area (Å²) < 4.78 is 30.4. The summed E-state index contributed by atoms with van der Waals surface area (Å²) in [6.45, 7) is 0.658.